The largest absolute Gasteiger partial charge is 1.00 e. The average Bonchev–Trinajstić information content (AvgIpc) is 3.31. The van der Waals surface area contributed by atoms with Crippen LogP contribution in [0.4, 0.5) is 0 Å². The van der Waals surface area contributed by atoms with Gasteiger partial charge in [-0.3, -0.25) is 4.40 Å². The standard InChI is InChI=1S/C25H22BrN5O2.Na/c1-4-19-28-21-14(2)11-15(3)27-24(21)31(19)13-16-9-10-30-20(12-16)29-22(23(30)26)17-7-5-6-8-18(17)25(32)33;/h5-12H,4,13H2,1-3H3,(H,32,33);/q;+1/p-1. The summed E-state index contributed by atoms with van der Waals surface area (Å²) < 4.78 is 4.74. The molecule has 0 fully saturated rings. The van der Waals surface area contributed by atoms with Gasteiger partial charge in [-0.05, 0) is 59.1 Å². The van der Waals surface area contributed by atoms with E-state index in [-0.39, 0.29) is 35.1 Å². The van der Waals surface area contributed by atoms with Crippen LogP contribution in [0.3, 0.4) is 0 Å². The number of hydrogen-bond donors (Lipinski definition) is 0. The van der Waals surface area contributed by atoms with Crippen molar-refractivity contribution in [1.29, 1.82) is 0 Å². The zero-order valence-corrected chi connectivity index (χ0v) is 23.0. The maximum Gasteiger partial charge on any atom is 1.00 e. The topological polar surface area (TPSA) is 88.1 Å². The van der Waals surface area contributed by atoms with Crippen LogP contribution in [-0.2, 0) is 13.0 Å². The Morgan fingerprint density at radius 3 is 2.59 bits per heavy atom. The van der Waals surface area contributed by atoms with Crippen LogP contribution in [0.25, 0.3) is 28.1 Å². The number of carbonyl (C=O) groups excluding carboxylic acids is 1. The third kappa shape index (κ3) is 4.20. The van der Waals surface area contributed by atoms with E-state index in [1.807, 2.05) is 29.7 Å². The number of halogens is 1. The van der Waals surface area contributed by atoms with E-state index in [0.29, 0.717) is 28.1 Å². The maximum absolute atomic E-state index is 11.6. The van der Waals surface area contributed by atoms with Crippen LogP contribution in [0.2, 0.25) is 0 Å². The number of aromatic carboxylic acids is 1. The van der Waals surface area contributed by atoms with Crippen LogP contribution in [0.15, 0.2) is 53.3 Å². The fraction of sp³-hybridized carbons (Fsp3) is 0.200. The SMILES string of the molecule is CCc1nc2c(C)cc(C)nc2n1Cc1ccn2c(Br)c(-c3ccccc3C(=O)[O-])nc2c1.[Na+]. The van der Waals surface area contributed by atoms with Crippen LogP contribution in [0.1, 0.15) is 39.9 Å². The second-order valence-electron chi connectivity index (χ2n) is 8.07. The van der Waals surface area contributed by atoms with Crippen LogP contribution < -0.4 is 34.7 Å². The number of carbonyl (C=O) groups is 1. The summed E-state index contributed by atoms with van der Waals surface area (Å²) in [5.41, 5.74) is 6.85. The predicted molar refractivity (Wildman–Crippen MR) is 128 cm³/mol. The molecule has 4 heterocycles. The van der Waals surface area contributed by atoms with Crippen molar-refractivity contribution in [3.05, 3.63) is 81.5 Å². The van der Waals surface area contributed by atoms with Crippen molar-refractivity contribution < 1.29 is 39.5 Å². The van der Waals surface area contributed by atoms with Crippen molar-refractivity contribution in [1.82, 2.24) is 23.9 Å². The summed E-state index contributed by atoms with van der Waals surface area (Å²) in [6.07, 6.45) is 2.73. The van der Waals surface area contributed by atoms with E-state index in [1.54, 1.807) is 18.2 Å². The van der Waals surface area contributed by atoms with Gasteiger partial charge in [0.1, 0.15) is 27.3 Å². The molecule has 0 saturated carbocycles. The van der Waals surface area contributed by atoms with Crippen molar-refractivity contribution in [3.8, 4) is 11.3 Å². The quantitative estimate of drug-likeness (QED) is 0.320. The molecule has 0 aliphatic carbocycles. The van der Waals surface area contributed by atoms with Gasteiger partial charge in [-0.15, -0.1) is 0 Å². The summed E-state index contributed by atoms with van der Waals surface area (Å²) in [7, 11) is 0. The minimum atomic E-state index is -1.23. The number of aromatic nitrogens is 5. The van der Waals surface area contributed by atoms with Crippen molar-refractivity contribution in [2.24, 2.45) is 0 Å². The van der Waals surface area contributed by atoms with Crippen molar-refractivity contribution >= 4 is 38.7 Å². The molecule has 166 valence electrons. The second-order valence-corrected chi connectivity index (χ2v) is 8.82. The summed E-state index contributed by atoms with van der Waals surface area (Å²) in [5, 5.41) is 11.6. The molecular formula is C25H21BrN5NaO2. The number of carboxylic acids is 1. The molecule has 34 heavy (non-hydrogen) atoms. The number of hydrogen-bond acceptors (Lipinski definition) is 5. The molecule has 5 rings (SSSR count). The number of pyridine rings is 2. The molecule has 5 aromatic rings. The molecule has 1 aromatic carbocycles. The summed E-state index contributed by atoms with van der Waals surface area (Å²) in [5.74, 6) is -0.244. The average molecular weight is 526 g/mol. The number of benzene rings is 1. The first kappa shape index (κ1) is 24.6. The van der Waals surface area contributed by atoms with E-state index in [1.165, 1.54) is 6.07 Å². The molecule has 0 N–H and O–H groups in total. The third-order valence-corrected chi connectivity index (χ3v) is 6.55. The normalized spacial score (nSPS) is 11.2. The Bertz CT molecular complexity index is 1560. The van der Waals surface area contributed by atoms with Gasteiger partial charge in [-0.2, -0.15) is 0 Å². The van der Waals surface area contributed by atoms with Gasteiger partial charge in [-0.25, -0.2) is 15.0 Å². The number of fused-ring (bicyclic) bond motifs is 2. The molecule has 0 unspecified atom stereocenters. The molecule has 0 amide bonds. The molecular weight excluding hydrogens is 505 g/mol. The third-order valence-electron chi connectivity index (χ3n) is 5.79. The molecule has 7 nitrogen and oxygen atoms in total. The smallest absolute Gasteiger partial charge is 0.545 e. The Balaban J connectivity index is 0.00000274. The summed E-state index contributed by atoms with van der Waals surface area (Å²) in [4.78, 5) is 25.9. The Hall–Kier alpha value is -2.52. The number of aryl methyl sites for hydroxylation is 3. The van der Waals surface area contributed by atoms with Gasteiger partial charge in [0.05, 0.1) is 12.5 Å². The molecule has 0 saturated heterocycles. The first-order valence-corrected chi connectivity index (χ1v) is 11.5. The first-order chi connectivity index (χ1) is 15.9. The Morgan fingerprint density at radius 1 is 1.09 bits per heavy atom. The molecule has 9 heteroatoms. The molecule has 4 aromatic heterocycles. The van der Waals surface area contributed by atoms with Crippen molar-refractivity contribution in [2.75, 3.05) is 0 Å². The monoisotopic (exact) mass is 525 g/mol. The van der Waals surface area contributed by atoms with Gasteiger partial charge >= 0.3 is 29.6 Å². The van der Waals surface area contributed by atoms with E-state index in [9.17, 15) is 9.90 Å². The minimum absolute atomic E-state index is 0. The predicted octanol–water partition coefficient (Wildman–Crippen LogP) is 1.10. The summed E-state index contributed by atoms with van der Waals surface area (Å²) in [6.45, 7) is 6.76. The molecule has 0 radical (unpaired) electrons. The van der Waals surface area contributed by atoms with Gasteiger partial charge in [0.25, 0.3) is 0 Å². The van der Waals surface area contributed by atoms with Gasteiger partial charge in [0.2, 0.25) is 0 Å². The number of nitrogens with zero attached hydrogens (tertiary/aromatic N) is 5. The maximum atomic E-state index is 11.6. The van der Waals surface area contributed by atoms with Crippen LogP contribution in [0, 0.1) is 13.8 Å². The van der Waals surface area contributed by atoms with Crippen LogP contribution in [0.5, 0.6) is 0 Å². The van der Waals surface area contributed by atoms with Gasteiger partial charge in [-0.1, -0.05) is 31.2 Å². The first-order valence-electron chi connectivity index (χ1n) is 10.7. The summed E-state index contributed by atoms with van der Waals surface area (Å²) >= 11 is 3.59. The summed E-state index contributed by atoms with van der Waals surface area (Å²) in [6, 6.07) is 12.8. The fourth-order valence-corrected chi connectivity index (χ4v) is 4.86. The van der Waals surface area contributed by atoms with E-state index < -0.39 is 5.97 Å². The number of carboxylic acid groups (broad SMARTS) is 1. The number of imidazole rings is 2. The van der Waals surface area contributed by atoms with E-state index in [4.69, 9.17) is 15.0 Å². The zero-order chi connectivity index (χ0) is 23.3. The van der Waals surface area contributed by atoms with Crippen LogP contribution in [-0.4, -0.2) is 29.9 Å². The minimum Gasteiger partial charge on any atom is -0.545 e. The molecule has 0 aliphatic heterocycles. The second kappa shape index (κ2) is 9.62. The van der Waals surface area contributed by atoms with Gasteiger partial charge < -0.3 is 14.5 Å². The van der Waals surface area contributed by atoms with Gasteiger partial charge in [0, 0.05) is 29.4 Å². The van der Waals surface area contributed by atoms with Gasteiger partial charge in [0.15, 0.2) is 5.65 Å². The molecule has 0 aliphatic rings. The Labute approximate surface area is 227 Å². The van der Waals surface area contributed by atoms with E-state index >= 15 is 0 Å². The van der Waals surface area contributed by atoms with Crippen LogP contribution >= 0.6 is 15.9 Å². The Morgan fingerprint density at radius 2 is 1.85 bits per heavy atom. The Kier molecular flexibility index (Phi) is 6.96. The van der Waals surface area contributed by atoms with Crippen molar-refractivity contribution in [3.63, 3.8) is 0 Å². The van der Waals surface area contributed by atoms with E-state index in [0.717, 1.165) is 40.2 Å². The molecule has 0 bridgehead atoms. The molecule has 0 atom stereocenters. The fourth-order valence-electron chi connectivity index (χ4n) is 4.26. The number of rotatable bonds is 5. The molecule has 0 spiro atoms. The van der Waals surface area contributed by atoms with Crippen molar-refractivity contribution in [2.45, 2.75) is 33.7 Å². The zero-order valence-electron chi connectivity index (χ0n) is 19.5. The van der Waals surface area contributed by atoms with E-state index in [2.05, 4.69) is 40.4 Å².